The van der Waals surface area contributed by atoms with Gasteiger partial charge in [0.1, 0.15) is 0 Å². The third-order valence-corrected chi connectivity index (χ3v) is 5.21. The number of aliphatic hydroxyl groups is 3. The maximum atomic E-state index is 10.6. The Bertz CT molecular complexity index is 249. The molecule has 88 valence electrons. The van der Waals surface area contributed by atoms with Gasteiger partial charge in [-0.15, -0.1) is 0 Å². The summed E-state index contributed by atoms with van der Waals surface area (Å²) in [4.78, 5) is 0. The fourth-order valence-corrected chi connectivity index (χ4v) is 3.84. The van der Waals surface area contributed by atoms with E-state index in [1.807, 2.05) is 6.92 Å². The van der Waals surface area contributed by atoms with Crippen LogP contribution in [0.25, 0.3) is 0 Å². The van der Waals surface area contributed by atoms with Gasteiger partial charge in [0.25, 0.3) is 0 Å². The molecule has 0 aliphatic heterocycles. The zero-order chi connectivity index (χ0) is 11.3. The SMILES string of the molecule is CC1(O)C2CCC(C2)C1(C)CCC(O)O. The lowest BCUT2D eigenvalue weighted by atomic mass is 9.63. The Hall–Kier alpha value is -0.120. The molecule has 0 saturated heterocycles. The summed E-state index contributed by atoms with van der Waals surface area (Å²) in [6.45, 7) is 4.04. The van der Waals surface area contributed by atoms with Crippen LogP contribution in [0, 0.1) is 17.3 Å². The molecule has 0 heterocycles. The van der Waals surface area contributed by atoms with E-state index in [0.29, 0.717) is 24.7 Å². The maximum absolute atomic E-state index is 10.6. The van der Waals surface area contributed by atoms with Crippen molar-refractivity contribution in [2.24, 2.45) is 17.3 Å². The first-order chi connectivity index (χ1) is 6.88. The largest absolute Gasteiger partial charge is 0.389 e. The summed E-state index contributed by atoms with van der Waals surface area (Å²) in [6, 6.07) is 0. The van der Waals surface area contributed by atoms with Crippen LogP contribution in [0.5, 0.6) is 0 Å². The Morgan fingerprint density at radius 2 is 1.80 bits per heavy atom. The fourth-order valence-electron chi connectivity index (χ4n) is 3.84. The summed E-state index contributed by atoms with van der Waals surface area (Å²) in [5.41, 5.74) is -0.746. The molecule has 4 unspecified atom stereocenters. The second-order valence-corrected chi connectivity index (χ2v) is 5.79. The second kappa shape index (κ2) is 3.44. The molecule has 3 heteroatoms. The van der Waals surface area contributed by atoms with E-state index < -0.39 is 11.9 Å². The van der Waals surface area contributed by atoms with Crippen molar-refractivity contribution < 1.29 is 15.3 Å². The van der Waals surface area contributed by atoms with Crippen LogP contribution >= 0.6 is 0 Å². The lowest BCUT2D eigenvalue weighted by Crippen LogP contribution is -2.48. The first kappa shape index (κ1) is 11.4. The van der Waals surface area contributed by atoms with Crippen LogP contribution in [0.1, 0.15) is 46.0 Å². The highest BCUT2D eigenvalue weighted by atomic mass is 16.5. The smallest absolute Gasteiger partial charge is 0.151 e. The molecule has 0 aromatic heterocycles. The zero-order valence-electron chi connectivity index (χ0n) is 9.61. The van der Waals surface area contributed by atoms with Crippen molar-refractivity contribution in [2.75, 3.05) is 0 Å². The molecule has 2 saturated carbocycles. The van der Waals surface area contributed by atoms with Crippen molar-refractivity contribution in [3.8, 4) is 0 Å². The number of hydrogen-bond acceptors (Lipinski definition) is 3. The van der Waals surface area contributed by atoms with Gasteiger partial charge in [-0.2, -0.15) is 0 Å². The van der Waals surface area contributed by atoms with E-state index in [0.717, 1.165) is 12.8 Å². The van der Waals surface area contributed by atoms with Crippen LogP contribution in [0.15, 0.2) is 0 Å². The molecule has 15 heavy (non-hydrogen) atoms. The highest BCUT2D eigenvalue weighted by Gasteiger charge is 2.61. The van der Waals surface area contributed by atoms with Crippen molar-refractivity contribution in [1.82, 2.24) is 0 Å². The van der Waals surface area contributed by atoms with E-state index in [-0.39, 0.29) is 5.41 Å². The summed E-state index contributed by atoms with van der Waals surface area (Å²) in [5, 5.41) is 28.4. The van der Waals surface area contributed by atoms with Crippen molar-refractivity contribution in [1.29, 1.82) is 0 Å². The minimum atomic E-state index is -1.24. The van der Waals surface area contributed by atoms with Gasteiger partial charge in [-0.05, 0) is 56.3 Å². The molecular formula is C12H22O3. The van der Waals surface area contributed by atoms with Gasteiger partial charge in [0.15, 0.2) is 6.29 Å². The molecule has 2 aliphatic rings. The van der Waals surface area contributed by atoms with Crippen molar-refractivity contribution in [2.45, 2.75) is 57.8 Å². The topological polar surface area (TPSA) is 60.7 Å². The van der Waals surface area contributed by atoms with Crippen molar-refractivity contribution in [3.63, 3.8) is 0 Å². The molecule has 2 bridgehead atoms. The highest BCUT2D eigenvalue weighted by molar-refractivity contribution is 5.11. The average molecular weight is 214 g/mol. The summed E-state index contributed by atoms with van der Waals surface area (Å²) < 4.78 is 0. The Balaban J connectivity index is 2.12. The third kappa shape index (κ3) is 1.52. The highest BCUT2D eigenvalue weighted by Crippen LogP contribution is 2.63. The lowest BCUT2D eigenvalue weighted by Gasteiger charge is -2.46. The monoisotopic (exact) mass is 214 g/mol. The Labute approximate surface area is 91.1 Å². The van der Waals surface area contributed by atoms with E-state index >= 15 is 0 Å². The van der Waals surface area contributed by atoms with Crippen LogP contribution in [0.4, 0.5) is 0 Å². The van der Waals surface area contributed by atoms with E-state index in [9.17, 15) is 5.11 Å². The summed E-state index contributed by atoms with van der Waals surface area (Å²) in [5.74, 6) is 0.986. The van der Waals surface area contributed by atoms with Gasteiger partial charge in [0.05, 0.1) is 5.60 Å². The summed E-state index contributed by atoms with van der Waals surface area (Å²) in [7, 11) is 0. The van der Waals surface area contributed by atoms with Gasteiger partial charge in [-0.3, -0.25) is 0 Å². The molecule has 4 atom stereocenters. The molecule has 2 rings (SSSR count). The van der Waals surface area contributed by atoms with Gasteiger partial charge < -0.3 is 15.3 Å². The van der Waals surface area contributed by atoms with Crippen LogP contribution in [-0.4, -0.2) is 27.2 Å². The average Bonchev–Trinajstić information content (AvgIpc) is 2.67. The Kier molecular flexibility index (Phi) is 2.61. The van der Waals surface area contributed by atoms with Crippen LogP contribution < -0.4 is 0 Å². The van der Waals surface area contributed by atoms with E-state index in [1.54, 1.807) is 0 Å². The van der Waals surface area contributed by atoms with Crippen molar-refractivity contribution in [3.05, 3.63) is 0 Å². The quantitative estimate of drug-likeness (QED) is 0.620. The van der Waals surface area contributed by atoms with Crippen molar-refractivity contribution >= 4 is 0 Å². The zero-order valence-corrected chi connectivity index (χ0v) is 9.61. The molecule has 0 aromatic carbocycles. The fraction of sp³-hybridized carbons (Fsp3) is 1.00. The molecule has 3 nitrogen and oxygen atoms in total. The van der Waals surface area contributed by atoms with Crippen LogP contribution in [0.3, 0.4) is 0 Å². The maximum Gasteiger partial charge on any atom is 0.151 e. The summed E-state index contributed by atoms with van der Waals surface area (Å²) in [6.07, 6.45) is 3.28. The Morgan fingerprint density at radius 1 is 1.20 bits per heavy atom. The first-order valence-corrected chi connectivity index (χ1v) is 5.96. The van der Waals surface area contributed by atoms with E-state index in [1.165, 1.54) is 6.42 Å². The molecule has 2 fully saturated rings. The van der Waals surface area contributed by atoms with Gasteiger partial charge in [0, 0.05) is 0 Å². The van der Waals surface area contributed by atoms with Gasteiger partial charge in [-0.1, -0.05) is 6.92 Å². The molecule has 3 N–H and O–H groups in total. The minimum absolute atomic E-state index is 0.125. The molecule has 0 aromatic rings. The lowest BCUT2D eigenvalue weighted by molar-refractivity contribution is -0.120. The predicted octanol–water partition coefficient (Wildman–Crippen LogP) is 1.26. The minimum Gasteiger partial charge on any atom is -0.389 e. The predicted molar refractivity (Wildman–Crippen MR) is 57.0 cm³/mol. The van der Waals surface area contributed by atoms with E-state index in [2.05, 4.69) is 6.92 Å². The third-order valence-electron chi connectivity index (χ3n) is 5.21. The molecule has 0 spiro atoms. The Morgan fingerprint density at radius 3 is 2.27 bits per heavy atom. The number of rotatable bonds is 3. The number of aliphatic hydroxyl groups excluding tert-OH is 1. The number of hydrogen-bond donors (Lipinski definition) is 3. The first-order valence-electron chi connectivity index (χ1n) is 5.96. The van der Waals surface area contributed by atoms with E-state index in [4.69, 9.17) is 10.2 Å². The molecule has 0 amide bonds. The van der Waals surface area contributed by atoms with Crippen LogP contribution in [0.2, 0.25) is 0 Å². The molecular weight excluding hydrogens is 192 g/mol. The van der Waals surface area contributed by atoms with Gasteiger partial charge in [-0.25, -0.2) is 0 Å². The number of fused-ring (bicyclic) bond motifs is 2. The van der Waals surface area contributed by atoms with Gasteiger partial charge >= 0.3 is 0 Å². The molecule has 2 aliphatic carbocycles. The van der Waals surface area contributed by atoms with Crippen LogP contribution in [-0.2, 0) is 0 Å². The second-order valence-electron chi connectivity index (χ2n) is 5.79. The standard InChI is InChI=1S/C12H22O3/c1-11(6-5-10(13)14)8-3-4-9(7-8)12(11,2)15/h8-10,13-15H,3-7H2,1-2H3. The molecule has 0 radical (unpaired) electrons. The van der Waals surface area contributed by atoms with Gasteiger partial charge in [0.2, 0.25) is 0 Å². The summed E-state index contributed by atoms with van der Waals surface area (Å²) >= 11 is 0. The normalized spacial score (nSPS) is 49.2.